The summed E-state index contributed by atoms with van der Waals surface area (Å²) in [4.78, 5) is 0. The Hall–Kier alpha value is -1.08. The number of hydrogen-bond donors (Lipinski definition) is 1. The first-order valence-corrected chi connectivity index (χ1v) is 7.21. The van der Waals surface area contributed by atoms with Crippen LogP contribution in [0.15, 0.2) is 43.0 Å². The number of rotatable bonds is 5. The van der Waals surface area contributed by atoms with E-state index in [0.717, 1.165) is 12.8 Å². The van der Waals surface area contributed by atoms with E-state index in [1.807, 2.05) is 6.08 Å². The number of nitrogens with two attached hydrogens (primary N) is 1. The molecule has 1 fully saturated rings. The molecule has 0 saturated heterocycles. The van der Waals surface area contributed by atoms with Crippen molar-refractivity contribution in [2.24, 2.45) is 5.73 Å². The number of allylic oxidation sites excluding steroid dienone is 1. The standard InChI is InChI=1S/C17H25N/c1-2-3-12-16(18)17(13-8-5-9-14-17)15-10-6-4-7-11-15/h2,4,6-7,10-11,16H,1,3,5,8-9,12-14,18H2. The van der Waals surface area contributed by atoms with Crippen molar-refractivity contribution in [3.05, 3.63) is 48.6 Å². The summed E-state index contributed by atoms with van der Waals surface area (Å²) in [5.41, 5.74) is 8.21. The summed E-state index contributed by atoms with van der Waals surface area (Å²) in [5, 5.41) is 0. The Kier molecular flexibility index (Phi) is 4.60. The van der Waals surface area contributed by atoms with Gasteiger partial charge < -0.3 is 5.73 Å². The molecule has 1 aliphatic carbocycles. The van der Waals surface area contributed by atoms with E-state index < -0.39 is 0 Å². The van der Waals surface area contributed by atoms with Crippen LogP contribution in [0.5, 0.6) is 0 Å². The zero-order chi connectivity index (χ0) is 12.8. The summed E-state index contributed by atoms with van der Waals surface area (Å²) >= 11 is 0. The van der Waals surface area contributed by atoms with E-state index in [4.69, 9.17) is 5.73 Å². The molecule has 0 aromatic heterocycles. The van der Waals surface area contributed by atoms with E-state index in [2.05, 4.69) is 36.9 Å². The molecule has 0 amide bonds. The molecule has 2 N–H and O–H groups in total. The van der Waals surface area contributed by atoms with Crippen LogP contribution in [0.4, 0.5) is 0 Å². The van der Waals surface area contributed by atoms with Gasteiger partial charge in [0, 0.05) is 11.5 Å². The summed E-state index contributed by atoms with van der Waals surface area (Å²) in [6.45, 7) is 3.82. The molecule has 0 spiro atoms. The lowest BCUT2D eigenvalue weighted by Crippen LogP contribution is -2.46. The minimum absolute atomic E-state index is 0.211. The van der Waals surface area contributed by atoms with Crippen LogP contribution in [-0.4, -0.2) is 6.04 Å². The molecule has 0 heterocycles. The van der Waals surface area contributed by atoms with Crippen LogP contribution in [-0.2, 0) is 5.41 Å². The number of hydrogen-bond acceptors (Lipinski definition) is 1. The molecule has 0 radical (unpaired) electrons. The molecular weight excluding hydrogens is 218 g/mol. The summed E-state index contributed by atoms with van der Waals surface area (Å²) in [7, 11) is 0. The molecule has 2 rings (SSSR count). The summed E-state index contributed by atoms with van der Waals surface area (Å²) < 4.78 is 0. The van der Waals surface area contributed by atoms with Crippen molar-refractivity contribution in [2.75, 3.05) is 0 Å². The van der Waals surface area contributed by atoms with Gasteiger partial charge in [0.1, 0.15) is 0 Å². The van der Waals surface area contributed by atoms with Crippen LogP contribution >= 0.6 is 0 Å². The highest BCUT2D eigenvalue weighted by Gasteiger charge is 2.38. The molecule has 1 nitrogen and oxygen atoms in total. The van der Waals surface area contributed by atoms with Crippen LogP contribution < -0.4 is 5.73 Å². The van der Waals surface area contributed by atoms with Gasteiger partial charge in [-0.2, -0.15) is 0 Å². The monoisotopic (exact) mass is 243 g/mol. The summed E-state index contributed by atoms with van der Waals surface area (Å²) in [6, 6.07) is 11.2. The van der Waals surface area contributed by atoms with E-state index in [1.165, 1.54) is 37.7 Å². The second kappa shape index (κ2) is 6.19. The smallest absolute Gasteiger partial charge is 0.0139 e. The van der Waals surface area contributed by atoms with Gasteiger partial charge in [0.15, 0.2) is 0 Å². The fraction of sp³-hybridized carbons (Fsp3) is 0.529. The first-order chi connectivity index (χ1) is 8.79. The first kappa shape index (κ1) is 13.4. The maximum atomic E-state index is 6.55. The Bertz CT molecular complexity index is 362. The summed E-state index contributed by atoms with van der Waals surface area (Å²) in [6.07, 6.45) is 10.6. The van der Waals surface area contributed by atoms with Crippen LogP contribution in [0.3, 0.4) is 0 Å². The van der Waals surface area contributed by atoms with E-state index in [1.54, 1.807) is 0 Å². The van der Waals surface area contributed by atoms with Gasteiger partial charge in [-0.3, -0.25) is 0 Å². The second-order valence-corrected chi connectivity index (χ2v) is 5.56. The van der Waals surface area contributed by atoms with Gasteiger partial charge >= 0.3 is 0 Å². The van der Waals surface area contributed by atoms with Crippen molar-refractivity contribution >= 4 is 0 Å². The van der Waals surface area contributed by atoms with Crippen molar-refractivity contribution in [3.8, 4) is 0 Å². The quantitative estimate of drug-likeness (QED) is 0.771. The van der Waals surface area contributed by atoms with Crippen molar-refractivity contribution < 1.29 is 0 Å². The van der Waals surface area contributed by atoms with Gasteiger partial charge in [-0.05, 0) is 31.2 Å². The normalized spacial score (nSPS) is 20.3. The van der Waals surface area contributed by atoms with Crippen LogP contribution in [0.2, 0.25) is 0 Å². The van der Waals surface area contributed by atoms with Crippen molar-refractivity contribution in [2.45, 2.75) is 56.4 Å². The third-order valence-electron chi connectivity index (χ3n) is 4.49. The predicted molar refractivity (Wildman–Crippen MR) is 78.6 cm³/mol. The molecule has 0 aliphatic heterocycles. The van der Waals surface area contributed by atoms with Crippen molar-refractivity contribution in [1.82, 2.24) is 0 Å². The topological polar surface area (TPSA) is 26.0 Å². The van der Waals surface area contributed by atoms with Gasteiger partial charge in [0.2, 0.25) is 0 Å². The fourth-order valence-corrected chi connectivity index (χ4v) is 3.40. The SMILES string of the molecule is C=CCCC(N)C1(c2ccccc2)CCCCC1. The maximum Gasteiger partial charge on any atom is 0.0139 e. The number of benzene rings is 1. The molecule has 1 saturated carbocycles. The lowest BCUT2D eigenvalue weighted by atomic mass is 9.64. The van der Waals surface area contributed by atoms with Gasteiger partial charge in [-0.1, -0.05) is 55.7 Å². The lowest BCUT2D eigenvalue weighted by molar-refractivity contribution is 0.235. The second-order valence-electron chi connectivity index (χ2n) is 5.56. The molecule has 1 heteroatoms. The Morgan fingerprint density at radius 3 is 2.44 bits per heavy atom. The van der Waals surface area contributed by atoms with Crippen LogP contribution in [0, 0.1) is 0 Å². The molecule has 0 bridgehead atoms. The van der Waals surface area contributed by atoms with E-state index in [-0.39, 0.29) is 11.5 Å². The Labute approximate surface area is 111 Å². The van der Waals surface area contributed by atoms with Gasteiger partial charge in [0.05, 0.1) is 0 Å². The zero-order valence-corrected chi connectivity index (χ0v) is 11.3. The average Bonchev–Trinajstić information content (AvgIpc) is 2.46. The molecule has 18 heavy (non-hydrogen) atoms. The highest BCUT2D eigenvalue weighted by molar-refractivity contribution is 5.28. The molecule has 1 aliphatic rings. The van der Waals surface area contributed by atoms with Gasteiger partial charge in [0.25, 0.3) is 0 Å². The minimum Gasteiger partial charge on any atom is -0.327 e. The Morgan fingerprint density at radius 1 is 1.17 bits per heavy atom. The molecular formula is C17H25N. The molecule has 1 aromatic carbocycles. The minimum atomic E-state index is 0.211. The third kappa shape index (κ3) is 2.67. The van der Waals surface area contributed by atoms with E-state index in [9.17, 15) is 0 Å². The van der Waals surface area contributed by atoms with Gasteiger partial charge in [-0.25, -0.2) is 0 Å². The first-order valence-electron chi connectivity index (χ1n) is 7.21. The van der Waals surface area contributed by atoms with Crippen molar-refractivity contribution in [1.29, 1.82) is 0 Å². The molecule has 1 aromatic rings. The van der Waals surface area contributed by atoms with E-state index >= 15 is 0 Å². The highest BCUT2D eigenvalue weighted by atomic mass is 14.7. The fourth-order valence-electron chi connectivity index (χ4n) is 3.40. The lowest BCUT2D eigenvalue weighted by Gasteiger charge is -2.42. The average molecular weight is 243 g/mol. The predicted octanol–water partition coefficient (Wildman–Crippen LogP) is 4.18. The molecule has 1 atom stereocenters. The maximum absolute atomic E-state index is 6.55. The largest absolute Gasteiger partial charge is 0.327 e. The van der Waals surface area contributed by atoms with Gasteiger partial charge in [-0.15, -0.1) is 6.58 Å². The Balaban J connectivity index is 2.25. The zero-order valence-electron chi connectivity index (χ0n) is 11.3. The Morgan fingerprint density at radius 2 is 1.83 bits per heavy atom. The highest BCUT2D eigenvalue weighted by Crippen LogP contribution is 2.42. The van der Waals surface area contributed by atoms with Crippen LogP contribution in [0.1, 0.15) is 50.5 Å². The third-order valence-corrected chi connectivity index (χ3v) is 4.49. The van der Waals surface area contributed by atoms with Crippen molar-refractivity contribution in [3.63, 3.8) is 0 Å². The summed E-state index contributed by atoms with van der Waals surface area (Å²) in [5.74, 6) is 0. The van der Waals surface area contributed by atoms with Crippen LogP contribution in [0.25, 0.3) is 0 Å². The van der Waals surface area contributed by atoms with E-state index in [0.29, 0.717) is 0 Å². The molecule has 1 unspecified atom stereocenters. The molecule has 98 valence electrons.